The minimum absolute atomic E-state index is 0.0454. The highest BCUT2D eigenvalue weighted by molar-refractivity contribution is 7.21. The molecule has 0 saturated carbocycles. The van der Waals surface area contributed by atoms with Gasteiger partial charge in [-0.3, -0.25) is 4.79 Å². The van der Waals surface area contributed by atoms with E-state index in [1.54, 1.807) is 0 Å². The first kappa shape index (κ1) is 17.0. The van der Waals surface area contributed by atoms with Gasteiger partial charge in [-0.25, -0.2) is 4.98 Å². The van der Waals surface area contributed by atoms with Crippen LogP contribution in [0.2, 0.25) is 0 Å². The van der Waals surface area contributed by atoms with Crippen LogP contribution in [0.15, 0.2) is 60.7 Å². The number of nitrogens with zero attached hydrogens (tertiary/aromatic N) is 2. The number of fused-ring (bicyclic) bond motifs is 1. The van der Waals surface area contributed by atoms with E-state index in [-0.39, 0.29) is 5.78 Å². The first-order valence-electron chi connectivity index (χ1n) is 8.39. The van der Waals surface area contributed by atoms with Gasteiger partial charge in [0.2, 0.25) is 0 Å². The molecule has 0 aliphatic rings. The first-order valence-corrected chi connectivity index (χ1v) is 9.21. The Kier molecular flexibility index (Phi) is 4.19. The Morgan fingerprint density at radius 3 is 2.19 bits per heavy atom. The molecule has 0 aliphatic heterocycles. The van der Waals surface area contributed by atoms with Crippen LogP contribution >= 0.6 is 11.3 Å². The summed E-state index contributed by atoms with van der Waals surface area (Å²) in [5.41, 5.74) is 10.2. The largest absolute Gasteiger partial charge is 0.397 e. The minimum Gasteiger partial charge on any atom is -0.397 e. The third-order valence-corrected chi connectivity index (χ3v) is 5.60. The lowest BCUT2D eigenvalue weighted by Crippen LogP contribution is -1.98. The molecule has 2 heterocycles. The van der Waals surface area contributed by atoms with Crippen LogP contribution in [0.25, 0.3) is 32.6 Å². The average Bonchev–Trinajstić information content (AvgIpc) is 3.09. The quantitative estimate of drug-likeness (QED) is 0.498. The summed E-state index contributed by atoms with van der Waals surface area (Å²) in [6.45, 7) is 1.54. The van der Waals surface area contributed by atoms with Gasteiger partial charge in [0.1, 0.15) is 16.5 Å². The fraction of sp³-hybridized carbons (Fsp3) is 0.0455. The highest BCUT2D eigenvalue weighted by atomic mass is 32.1. The van der Waals surface area contributed by atoms with Crippen molar-refractivity contribution in [3.8, 4) is 28.5 Å². The molecular formula is C22H15N3OS. The molecule has 130 valence electrons. The maximum absolute atomic E-state index is 12.3. The van der Waals surface area contributed by atoms with E-state index in [2.05, 4.69) is 6.07 Å². The number of nitriles is 1. The number of carbonyl (C=O) groups excluding carboxylic acids is 1. The molecule has 0 radical (unpaired) electrons. The predicted molar refractivity (Wildman–Crippen MR) is 110 cm³/mol. The van der Waals surface area contributed by atoms with Gasteiger partial charge in [0.05, 0.1) is 16.3 Å². The minimum atomic E-state index is -0.0454. The van der Waals surface area contributed by atoms with Gasteiger partial charge >= 0.3 is 0 Å². The van der Waals surface area contributed by atoms with Crippen molar-refractivity contribution in [1.82, 2.24) is 4.98 Å². The Hall–Kier alpha value is -3.49. The van der Waals surface area contributed by atoms with Crippen molar-refractivity contribution in [2.75, 3.05) is 5.73 Å². The molecule has 0 aliphatic carbocycles. The predicted octanol–water partition coefficient (Wildman–Crippen LogP) is 5.29. The summed E-state index contributed by atoms with van der Waals surface area (Å²) in [6.07, 6.45) is 0. The molecule has 0 spiro atoms. The second-order valence-electron chi connectivity index (χ2n) is 6.14. The Morgan fingerprint density at radius 2 is 1.63 bits per heavy atom. The van der Waals surface area contributed by atoms with Gasteiger partial charge in [-0.2, -0.15) is 5.26 Å². The third-order valence-electron chi connectivity index (χ3n) is 4.42. The number of hydrogen-bond donors (Lipinski definition) is 1. The van der Waals surface area contributed by atoms with Crippen molar-refractivity contribution in [2.45, 2.75) is 6.92 Å². The van der Waals surface area contributed by atoms with Crippen LogP contribution < -0.4 is 5.73 Å². The zero-order valence-corrected chi connectivity index (χ0v) is 15.4. The van der Waals surface area contributed by atoms with Crippen molar-refractivity contribution in [1.29, 1.82) is 5.26 Å². The smallest absolute Gasteiger partial charge is 0.170 e. The number of Topliss-reactive ketones (excluding diaryl/α,β-unsaturated/α-hetero) is 1. The number of aromatic nitrogens is 1. The van der Waals surface area contributed by atoms with Gasteiger partial charge in [0, 0.05) is 16.5 Å². The number of nitrogens with two attached hydrogens (primary N) is 1. The van der Waals surface area contributed by atoms with Gasteiger partial charge in [-0.15, -0.1) is 11.3 Å². The lowest BCUT2D eigenvalue weighted by molar-refractivity contribution is 0.102. The van der Waals surface area contributed by atoms with Gasteiger partial charge in [0.25, 0.3) is 0 Å². The second-order valence-corrected chi connectivity index (χ2v) is 7.13. The van der Waals surface area contributed by atoms with Gasteiger partial charge < -0.3 is 5.73 Å². The number of anilines is 1. The Morgan fingerprint density at radius 1 is 1.04 bits per heavy atom. The zero-order chi connectivity index (χ0) is 19.0. The molecule has 5 heteroatoms. The van der Waals surface area contributed by atoms with Crippen LogP contribution in [0, 0.1) is 11.3 Å². The molecule has 2 aromatic carbocycles. The molecule has 0 unspecified atom stereocenters. The standard InChI is InChI=1S/C22H15N3OS/c1-13(26)21-17(14-8-4-2-5-9-14)18-19(24)16(12-23)20(25-22(18)27-21)15-10-6-3-7-11-15/h2-11H,1H3,(H2,24,25). The summed E-state index contributed by atoms with van der Waals surface area (Å²) in [7, 11) is 0. The molecule has 0 bridgehead atoms. The highest BCUT2D eigenvalue weighted by Crippen LogP contribution is 2.44. The molecule has 4 nitrogen and oxygen atoms in total. The molecule has 4 aromatic rings. The van der Waals surface area contributed by atoms with E-state index in [1.165, 1.54) is 18.3 Å². The van der Waals surface area contributed by atoms with Crippen LogP contribution in [-0.4, -0.2) is 10.8 Å². The number of pyridine rings is 1. The lowest BCUT2D eigenvalue weighted by Gasteiger charge is -2.09. The molecule has 0 fully saturated rings. The molecule has 2 N–H and O–H groups in total. The molecule has 2 aromatic heterocycles. The van der Waals surface area contributed by atoms with Crippen LogP contribution in [0.5, 0.6) is 0 Å². The monoisotopic (exact) mass is 369 g/mol. The van der Waals surface area contributed by atoms with Crippen LogP contribution in [0.4, 0.5) is 5.69 Å². The van der Waals surface area contributed by atoms with Gasteiger partial charge in [-0.05, 0) is 12.5 Å². The molecule has 0 saturated heterocycles. The van der Waals surface area contributed by atoms with E-state index in [0.29, 0.717) is 32.0 Å². The van der Waals surface area contributed by atoms with Crippen molar-refractivity contribution in [3.05, 3.63) is 71.1 Å². The second kappa shape index (κ2) is 6.67. The first-order chi connectivity index (χ1) is 13.1. The van der Waals surface area contributed by atoms with E-state index < -0.39 is 0 Å². The van der Waals surface area contributed by atoms with Crippen molar-refractivity contribution in [3.63, 3.8) is 0 Å². The average molecular weight is 369 g/mol. The third kappa shape index (κ3) is 2.77. The number of benzene rings is 2. The summed E-state index contributed by atoms with van der Waals surface area (Å²) >= 11 is 1.32. The Bertz CT molecular complexity index is 1210. The summed E-state index contributed by atoms with van der Waals surface area (Å²) in [4.78, 5) is 18.3. The highest BCUT2D eigenvalue weighted by Gasteiger charge is 2.24. The van der Waals surface area contributed by atoms with E-state index in [0.717, 1.165) is 16.7 Å². The fourth-order valence-electron chi connectivity index (χ4n) is 3.20. The SMILES string of the molecule is CC(=O)c1sc2nc(-c3ccccc3)c(C#N)c(N)c2c1-c1ccccc1. The maximum atomic E-state index is 12.3. The van der Waals surface area contributed by atoms with Crippen LogP contribution in [0.1, 0.15) is 22.2 Å². The van der Waals surface area contributed by atoms with Crippen LogP contribution in [-0.2, 0) is 0 Å². The topological polar surface area (TPSA) is 79.8 Å². The summed E-state index contributed by atoms with van der Waals surface area (Å²) in [5.74, 6) is -0.0454. The van der Waals surface area contributed by atoms with Gasteiger partial charge in [-0.1, -0.05) is 60.7 Å². The van der Waals surface area contributed by atoms with Crippen molar-refractivity contribution >= 4 is 33.0 Å². The Labute approximate surface area is 160 Å². The van der Waals surface area contributed by atoms with Crippen molar-refractivity contribution in [2.24, 2.45) is 0 Å². The molecule has 0 atom stereocenters. The fourth-order valence-corrected chi connectivity index (χ4v) is 4.31. The summed E-state index contributed by atoms with van der Waals surface area (Å²) in [6, 6.07) is 21.3. The number of rotatable bonds is 3. The number of nitrogen functional groups attached to an aromatic ring is 1. The van der Waals surface area contributed by atoms with Gasteiger partial charge in [0.15, 0.2) is 5.78 Å². The summed E-state index contributed by atoms with van der Waals surface area (Å²) < 4.78 is 0. The number of hydrogen-bond acceptors (Lipinski definition) is 5. The van der Waals surface area contributed by atoms with Crippen molar-refractivity contribution < 1.29 is 4.79 Å². The van der Waals surface area contributed by atoms with E-state index >= 15 is 0 Å². The lowest BCUT2D eigenvalue weighted by atomic mass is 9.97. The number of thiophene rings is 1. The zero-order valence-electron chi connectivity index (χ0n) is 14.6. The van der Waals surface area contributed by atoms with E-state index in [9.17, 15) is 10.1 Å². The molecule has 0 amide bonds. The number of carbonyl (C=O) groups is 1. The Balaban J connectivity index is 2.13. The summed E-state index contributed by atoms with van der Waals surface area (Å²) in [5, 5.41) is 10.4. The van der Waals surface area contributed by atoms with E-state index in [4.69, 9.17) is 10.7 Å². The van der Waals surface area contributed by atoms with E-state index in [1.807, 2.05) is 60.7 Å². The van der Waals surface area contributed by atoms with Crippen LogP contribution in [0.3, 0.4) is 0 Å². The number of ketones is 1. The maximum Gasteiger partial charge on any atom is 0.170 e. The normalized spacial score (nSPS) is 10.7. The molecule has 4 rings (SSSR count). The molecular weight excluding hydrogens is 354 g/mol. The molecule has 27 heavy (non-hydrogen) atoms.